The Hall–Kier alpha value is -4.24. The molecule has 232 valence electrons. The largest absolute Gasteiger partial charge is 0.493 e. The molecule has 1 atom stereocenters. The molecule has 2 amide bonds. The van der Waals surface area contributed by atoms with Crippen molar-refractivity contribution in [2.45, 2.75) is 38.8 Å². The van der Waals surface area contributed by atoms with Crippen LogP contribution in [0.4, 0.5) is 11.4 Å². The zero-order chi connectivity index (χ0) is 31.2. The number of ether oxygens (including phenoxy) is 2. The Morgan fingerprint density at radius 3 is 2.67 bits per heavy atom. The third-order valence-electron chi connectivity index (χ3n) is 8.42. The third-order valence-corrected chi connectivity index (χ3v) is 9.28. The SMILES string of the molecule is CCOc1ccccc1-c1ccc2c(c1)C=C(C(=O)Nc1ccc(CN(C)C3CCCOC3)cc1)CCN2C(=O)c1cccs1. The van der Waals surface area contributed by atoms with Crippen molar-refractivity contribution in [3.63, 3.8) is 0 Å². The van der Waals surface area contributed by atoms with Crippen LogP contribution in [-0.2, 0) is 16.1 Å². The molecule has 0 bridgehead atoms. The molecule has 0 saturated carbocycles. The molecule has 0 aliphatic carbocycles. The van der Waals surface area contributed by atoms with Crippen molar-refractivity contribution in [2.75, 3.05) is 43.6 Å². The molecule has 3 aromatic carbocycles. The second-order valence-corrected chi connectivity index (χ2v) is 12.4. The Morgan fingerprint density at radius 2 is 1.91 bits per heavy atom. The molecule has 3 heterocycles. The van der Waals surface area contributed by atoms with Crippen molar-refractivity contribution in [1.29, 1.82) is 0 Å². The molecule has 1 fully saturated rings. The maximum absolute atomic E-state index is 13.7. The summed E-state index contributed by atoms with van der Waals surface area (Å²) < 4.78 is 11.6. The van der Waals surface area contributed by atoms with Crippen molar-refractivity contribution < 1.29 is 19.1 Å². The van der Waals surface area contributed by atoms with E-state index >= 15 is 0 Å². The lowest BCUT2D eigenvalue weighted by atomic mass is 9.99. The number of nitrogens with one attached hydrogen (secondary N) is 1. The van der Waals surface area contributed by atoms with E-state index < -0.39 is 0 Å². The number of amides is 2. The van der Waals surface area contributed by atoms with Gasteiger partial charge < -0.3 is 19.7 Å². The van der Waals surface area contributed by atoms with Crippen LogP contribution in [-0.4, -0.2) is 56.2 Å². The Kier molecular flexibility index (Phi) is 9.74. The Bertz CT molecular complexity index is 1660. The van der Waals surface area contributed by atoms with Crippen molar-refractivity contribution >= 4 is 40.6 Å². The van der Waals surface area contributed by atoms with Gasteiger partial charge in [0.05, 0.1) is 23.8 Å². The number of thiophene rings is 1. The smallest absolute Gasteiger partial charge is 0.268 e. The molecule has 2 aliphatic heterocycles. The summed E-state index contributed by atoms with van der Waals surface area (Å²) in [7, 11) is 2.14. The summed E-state index contributed by atoms with van der Waals surface area (Å²) in [6, 6.07) is 26.2. The first-order valence-corrected chi connectivity index (χ1v) is 16.5. The predicted octanol–water partition coefficient (Wildman–Crippen LogP) is 7.50. The van der Waals surface area contributed by atoms with E-state index in [1.54, 1.807) is 4.90 Å². The van der Waals surface area contributed by atoms with Crippen LogP contribution in [0.5, 0.6) is 5.75 Å². The van der Waals surface area contributed by atoms with E-state index in [1.165, 1.54) is 16.9 Å². The minimum absolute atomic E-state index is 0.0656. The van der Waals surface area contributed by atoms with Gasteiger partial charge in [-0.2, -0.15) is 0 Å². The van der Waals surface area contributed by atoms with E-state index in [9.17, 15) is 9.59 Å². The first-order valence-electron chi connectivity index (χ1n) is 15.6. The highest BCUT2D eigenvalue weighted by atomic mass is 32.1. The lowest BCUT2D eigenvalue weighted by Crippen LogP contribution is -2.37. The molecule has 4 aromatic rings. The Labute approximate surface area is 269 Å². The fourth-order valence-corrected chi connectivity index (χ4v) is 6.67. The van der Waals surface area contributed by atoms with Crippen molar-refractivity contribution in [3.8, 4) is 16.9 Å². The minimum Gasteiger partial charge on any atom is -0.493 e. The number of hydrogen-bond donors (Lipinski definition) is 1. The first kappa shape index (κ1) is 30.8. The second kappa shape index (κ2) is 14.2. The molecule has 1 saturated heterocycles. The molecule has 45 heavy (non-hydrogen) atoms. The summed E-state index contributed by atoms with van der Waals surface area (Å²) in [5.74, 6) is 0.559. The van der Waals surface area contributed by atoms with Crippen LogP contribution in [0.1, 0.15) is 47.0 Å². The van der Waals surface area contributed by atoms with Crippen LogP contribution in [0.25, 0.3) is 17.2 Å². The summed E-state index contributed by atoms with van der Waals surface area (Å²) in [6.07, 6.45) is 4.60. The summed E-state index contributed by atoms with van der Waals surface area (Å²) >= 11 is 1.42. The topological polar surface area (TPSA) is 71.1 Å². The number of carbonyl (C=O) groups is 2. The normalized spacial score (nSPS) is 16.5. The van der Waals surface area contributed by atoms with Crippen LogP contribution >= 0.6 is 11.3 Å². The average molecular weight is 622 g/mol. The van der Waals surface area contributed by atoms with Gasteiger partial charge in [-0.1, -0.05) is 42.5 Å². The van der Waals surface area contributed by atoms with Gasteiger partial charge in [0.1, 0.15) is 5.75 Å². The van der Waals surface area contributed by atoms with Gasteiger partial charge >= 0.3 is 0 Å². The standard InChI is InChI=1S/C37H39N3O4S/c1-3-44-34-10-5-4-9-32(34)27-14-17-33-29(22-27)23-28(18-19-40(33)37(42)35-11-7-21-45-35)36(41)38-30-15-12-26(13-16-30)24-39(2)31-8-6-20-43-25-31/h4-5,7,9-17,21-23,31H,3,6,8,18-20,24-25H2,1-2H3,(H,38,41). The molecule has 2 aliphatic rings. The van der Waals surface area contributed by atoms with E-state index in [4.69, 9.17) is 9.47 Å². The Morgan fingerprint density at radius 1 is 1.07 bits per heavy atom. The van der Waals surface area contributed by atoms with Gasteiger partial charge in [-0.15, -0.1) is 11.3 Å². The number of para-hydroxylation sites is 1. The number of rotatable bonds is 9. The van der Waals surface area contributed by atoms with Crippen LogP contribution in [0.2, 0.25) is 0 Å². The van der Waals surface area contributed by atoms with Gasteiger partial charge in [-0.25, -0.2) is 0 Å². The molecule has 1 aromatic heterocycles. The van der Waals surface area contributed by atoms with Crippen LogP contribution < -0.4 is 15.0 Å². The fourth-order valence-electron chi connectivity index (χ4n) is 6.00. The number of hydrogen-bond acceptors (Lipinski definition) is 6. The van der Waals surface area contributed by atoms with Gasteiger partial charge in [0.2, 0.25) is 0 Å². The Balaban J connectivity index is 1.25. The number of nitrogens with zero attached hydrogens (tertiary/aromatic N) is 2. The summed E-state index contributed by atoms with van der Waals surface area (Å²) in [5.41, 5.74) is 6.06. The van der Waals surface area contributed by atoms with Crippen molar-refractivity contribution in [2.24, 2.45) is 0 Å². The zero-order valence-corrected chi connectivity index (χ0v) is 26.6. The van der Waals surface area contributed by atoms with Crippen LogP contribution in [0.15, 0.2) is 89.8 Å². The first-order chi connectivity index (χ1) is 22.0. The molecule has 6 rings (SSSR count). The summed E-state index contributed by atoms with van der Waals surface area (Å²) in [6.45, 7) is 5.38. The van der Waals surface area contributed by atoms with E-state index in [0.29, 0.717) is 36.1 Å². The lowest BCUT2D eigenvalue weighted by molar-refractivity contribution is -0.112. The predicted molar refractivity (Wildman–Crippen MR) is 182 cm³/mol. The molecule has 7 nitrogen and oxygen atoms in total. The van der Waals surface area contributed by atoms with Crippen molar-refractivity contribution in [1.82, 2.24) is 4.90 Å². The maximum atomic E-state index is 13.7. The van der Waals surface area contributed by atoms with E-state index in [-0.39, 0.29) is 11.8 Å². The van der Waals surface area contributed by atoms with E-state index in [2.05, 4.69) is 29.4 Å². The molecule has 1 N–H and O–H groups in total. The van der Waals surface area contributed by atoms with Gasteiger partial charge in [0.15, 0.2) is 0 Å². The van der Waals surface area contributed by atoms with Gasteiger partial charge in [-0.05, 0) is 97.8 Å². The van der Waals surface area contributed by atoms with E-state index in [0.717, 1.165) is 66.4 Å². The molecule has 0 radical (unpaired) electrons. The third kappa shape index (κ3) is 7.20. The van der Waals surface area contributed by atoms with Gasteiger partial charge in [0, 0.05) is 42.6 Å². The summed E-state index contributed by atoms with van der Waals surface area (Å²) in [5, 5.41) is 5.00. The molecule has 1 unspecified atom stereocenters. The van der Waals surface area contributed by atoms with Gasteiger partial charge in [0.25, 0.3) is 11.8 Å². The highest BCUT2D eigenvalue weighted by molar-refractivity contribution is 7.12. The molecular weight excluding hydrogens is 582 g/mol. The monoisotopic (exact) mass is 621 g/mol. The summed E-state index contributed by atoms with van der Waals surface area (Å²) in [4.78, 5) is 32.1. The van der Waals surface area contributed by atoms with Crippen molar-refractivity contribution in [3.05, 3.63) is 106 Å². The van der Waals surface area contributed by atoms with E-state index in [1.807, 2.05) is 85.1 Å². The molecule has 8 heteroatoms. The van der Waals surface area contributed by atoms with Gasteiger partial charge in [-0.3, -0.25) is 14.5 Å². The zero-order valence-electron chi connectivity index (χ0n) is 25.8. The highest BCUT2D eigenvalue weighted by Gasteiger charge is 2.26. The van der Waals surface area contributed by atoms with Crippen LogP contribution in [0.3, 0.4) is 0 Å². The number of likely N-dealkylation sites (N-methyl/N-ethyl adjacent to an activating group) is 1. The molecule has 0 spiro atoms. The average Bonchev–Trinajstić information content (AvgIpc) is 3.54. The molecular formula is C37H39N3O4S. The lowest BCUT2D eigenvalue weighted by Gasteiger charge is -2.31. The minimum atomic E-state index is -0.171. The second-order valence-electron chi connectivity index (χ2n) is 11.5. The van der Waals surface area contributed by atoms with Crippen LogP contribution in [0, 0.1) is 0 Å². The number of benzene rings is 3. The number of anilines is 2. The highest BCUT2D eigenvalue weighted by Crippen LogP contribution is 2.37. The quantitative estimate of drug-likeness (QED) is 0.210. The maximum Gasteiger partial charge on any atom is 0.268 e. The number of carbonyl (C=O) groups excluding carboxylic acids is 2. The number of fused-ring (bicyclic) bond motifs is 1. The fraction of sp³-hybridized carbons (Fsp3) is 0.297.